The molecule has 24 heavy (non-hydrogen) atoms. The lowest BCUT2D eigenvalue weighted by Gasteiger charge is -2.50. The normalized spacial score (nSPS) is 37.3. The van der Waals surface area contributed by atoms with Crippen LogP contribution in [0.3, 0.4) is 0 Å². The van der Waals surface area contributed by atoms with E-state index in [1.165, 1.54) is 30.9 Å². The van der Waals surface area contributed by atoms with Gasteiger partial charge in [0.15, 0.2) is 0 Å². The van der Waals surface area contributed by atoms with E-state index in [1.54, 1.807) is 0 Å². The molecule has 1 aromatic carbocycles. The Balaban J connectivity index is 1.65. The van der Waals surface area contributed by atoms with Gasteiger partial charge < -0.3 is 9.84 Å². The van der Waals surface area contributed by atoms with Crippen LogP contribution in [0.2, 0.25) is 0 Å². The van der Waals surface area contributed by atoms with Crippen molar-refractivity contribution < 1.29 is 14.6 Å². The smallest absolute Gasteiger partial charge is 0.302 e. The van der Waals surface area contributed by atoms with Gasteiger partial charge >= 0.3 is 5.97 Å². The fraction of sp³-hybridized carbons (Fsp3) is 0.650. The molecule has 1 aromatic rings. The van der Waals surface area contributed by atoms with Crippen LogP contribution < -0.4 is 0 Å². The lowest BCUT2D eigenvalue weighted by Crippen LogP contribution is -2.45. The van der Waals surface area contributed by atoms with Gasteiger partial charge in [-0.05, 0) is 89.4 Å². The van der Waals surface area contributed by atoms with Crippen molar-refractivity contribution in [3.63, 3.8) is 0 Å². The van der Waals surface area contributed by atoms with Crippen LogP contribution in [0.1, 0.15) is 63.0 Å². The van der Waals surface area contributed by atoms with E-state index in [4.69, 9.17) is 4.74 Å². The Morgan fingerprint density at radius 3 is 2.83 bits per heavy atom. The third kappa shape index (κ3) is 2.33. The molecular weight excluding hydrogens is 368 g/mol. The van der Waals surface area contributed by atoms with E-state index in [0.29, 0.717) is 23.5 Å². The summed E-state index contributed by atoms with van der Waals surface area (Å²) >= 11 is 3.58. The van der Waals surface area contributed by atoms with Crippen LogP contribution in [0, 0.1) is 17.3 Å². The number of carbonyl (C=O) groups excluding carboxylic acids is 1. The van der Waals surface area contributed by atoms with Crippen LogP contribution in [0.25, 0.3) is 0 Å². The second kappa shape index (κ2) is 5.76. The summed E-state index contributed by atoms with van der Waals surface area (Å²) in [5, 5.41) is 9.99. The zero-order chi connectivity index (χ0) is 17.1. The number of benzene rings is 1. The summed E-state index contributed by atoms with van der Waals surface area (Å²) in [6, 6.07) is 3.96. The molecule has 2 fully saturated rings. The van der Waals surface area contributed by atoms with Crippen molar-refractivity contribution in [1.29, 1.82) is 0 Å². The molecule has 3 aliphatic carbocycles. The fourth-order valence-electron chi connectivity index (χ4n) is 5.96. The number of ether oxygens (including phenoxy) is 1. The van der Waals surface area contributed by atoms with Crippen LogP contribution >= 0.6 is 15.9 Å². The third-order valence-electron chi connectivity index (χ3n) is 7.04. The zero-order valence-electron chi connectivity index (χ0n) is 14.3. The van der Waals surface area contributed by atoms with E-state index in [1.807, 2.05) is 6.07 Å². The SMILES string of the molecule is CC(=O)O[C@H]1CC[C@H]2[C@@H]3CCc4c(ccc(O)c4Br)[C@H]3CC[C@]12C. The second-order valence-electron chi connectivity index (χ2n) is 8.10. The van der Waals surface area contributed by atoms with Gasteiger partial charge in [0.2, 0.25) is 0 Å². The van der Waals surface area contributed by atoms with Gasteiger partial charge in [0, 0.05) is 12.3 Å². The minimum Gasteiger partial charge on any atom is -0.507 e. The van der Waals surface area contributed by atoms with Gasteiger partial charge in [-0.3, -0.25) is 4.79 Å². The molecule has 0 spiro atoms. The molecule has 0 aromatic heterocycles. The molecule has 0 saturated heterocycles. The van der Waals surface area contributed by atoms with Crippen LogP contribution in [-0.2, 0) is 16.0 Å². The number of hydrogen-bond donors (Lipinski definition) is 1. The molecule has 0 heterocycles. The molecule has 3 aliphatic rings. The molecule has 5 atom stereocenters. The number of rotatable bonds is 1. The number of phenols is 1. The second-order valence-corrected chi connectivity index (χ2v) is 8.89. The van der Waals surface area contributed by atoms with Gasteiger partial charge in [-0.15, -0.1) is 0 Å². The highest BCUT2D eigenvalue weighted by Crippen LogP contribution is 2.62. The first-order chi connectivity index (χ1) is 11.4. The Kier molecular flexibility index (Phi) is 3.94. The molecule has 3 nitrogen and oxygen atoms in total. The predicted molar refractivity (Wildman–Crippen MR) is 96.0 cm³/mol. The summed E-state index contributed by atoms with van der Waals surface area (Å²) in [5.74, 6) is 2.11. The molecule has 130 valence electrons. The number of aromatic hydroxyl groups is 1. The fourth-order valence-corrected chi connectivity index (χ4v) is 6.52. The summed E-state index contributed by atoms with van der Waals surface area (Å²) in [5.41, 5.74) is 2.86. The van der Waals surface area contributed by atoms with Crippen molar-refractivity contribution in [2.75, 3.05) is 0 Å². The summed E-state index contributed by atoms with van der Waals surface area (Å²) in [6.07, 6.45) is 6.74. The lowest BCUT2D eigenvalue weighted by atomic mass is 9.55. The van der Waals surface area contributed by atoms with Gasteiger partial charge in [-0.1, -0.05) is 13.0 Å². The average molecular weight is 393 g/mol. The molecule has 0 amide bonds. The standard InChI is InChI=1S/C20H25BrO3/c1-11(22)24-18-8-6-16-14-3-4-15-12(5-7-17(23)19(15)21)13(14)9-10-20(16,18)2/h5,7,13-14,16,18,23H,3-4,6,8-10H2,1-2H3/t13-,14-,16+,18+,20+/m1/s1. The molecular formula is C20H25BrO3. The monoisotopic (exact) mass is 392 g/mol. The van der Waals surface area contributed by atoms with Gasteiger partial charge in [0.25, 0.3) is 0 Å². The molecule has 4 rings (SSSR count). The van der Waals surface area contributed by atoms with E-state index in [0.717, 1.165) is 30.2 Å². The molecule has 0 bridgehead atoms. The zero-order valence-corrected chi connectivity index (χ0v) is 15.9. The number of fused-ring (bicyclic) bond motifs is 5. The molecule has 2 saturated carbocycles. The largest absolute Gasteiger partial charge is 0.507 e. The van der Waals surface area contributed by atoms with Crippen molar-refractivity contribution >= 4 is 21.9 Å². The first kappa shape index (κ1) is 16.4. The maximum Gasteiger partial charge on any atom is 0.302 e. The Hall–Kier alpha value is -1.03. The summed E-state index contributed by atoms with van der Waals surface area (Å²) in [7, 11) is 0. The van der Waals surface area contributed by atoms with Crippen LogP contribution in [0.4, 0.5) is 0 Å². The Morgan fingerprint density at radius 1 is 1.29 bits per heavy atom. The van der Waals surface area contributed by atoms with Gasteiger partial charge in [-0.25, -0.2) is 0 Å². The van der Waals surface area contributed by atoms with Crippen molar-refractivity contribution in [2.24, 2.45) is 17.3 Å². The average Bonchev–Trinajstić information content (AvgIpc) is 2.87. The minimum atomic E-state index is -0.141. The van der Waals surface area contributed by atoms with Gasteiger partial charge in [0.1, 0.15) is 11.9 Å². The lowest BCUT2D eigenvalue weighted by molar-refractivity contribution is -0.154. The van der Waals surface area contributed by atoms with Crippen molar-refractivity contribution in [2.45, 2.75) is 64.4 Å². The topological polar surface area (TPSA) is 46.5 Å². The van der Waals surface area contributed by atoms with Crippen molar-refractivity contribution in [3.8, 4) is 5.75 Å². The predicted octanol–water partition coefficient (Wildman–Crippen LogP) is 4.94. The number of carbonyl (C=O) groups is 1. The molecule has 1 N–H and O–H groups in total. The Bertz CT molecular complexity index is 686. The molecule has 4 heteroatoms. The highest BCUT2D eigenvalue weighted by molar-refractivity contribution is 9.10. The summed E-state index contributed by atoms with van der Waals surface area (Å²) in [4.78, 5) is 11.5. The summed E-state index contributed by atoms with van der Waals surface area (Å²) in [6.45, 7) is 3.87. The first-order valence-corrected chi connectivity index (χ1v) is 9.88. The maximum absolute atomic E-state index is 11.5. The highest BCUT2D eigenvalue weighted by atomic mass is 79.9. The number of phenolic OH excluding ortho intramolecular Hbond substituents is 1. The highest BCUT2D eigenvalue weighted by Gasteiger charge is 2.56. The Labute approximate surface area is 151 Å². The molecule has 0 radical (unpaired) electrons. The number of hydrogen-bond acceptors (Lipinski definition) is 3. The van der Waals surface area contributed by atoms with Gasteiger partial charge in [-0.2, -0.15) is 0 Å². The Morgan fingerprint density at radius 2 is 2.08 bits per heavy atom. The van der Waals surface area contributed by atoms with Crippen molar-refractivity contribution in [1.82, 2.24) is 0 Å². The van der Waals surface area contributed by atoms with E-state index >= 15 is 0 Å². The van der Waals surface area contributed by atoms with E-state index < -0.39 is 0 Å². The summed E-state index contributed by atoms with van der Waals surface area (Å²) < 4.78 is 6.57. The van der Waals surface area contributed by atoms with Crippen LogP contribution in [0.15, 0.2) is 16.6 Å². The van der Waals surface area contributed by atoms with E-state index in [9.17, 15) is 9.90 Å². The molecule has 0 aliphatic heterocycles. The first-order valence-electron chi connectivity index (χ1n) is 9.09. The third-order valence-corrected chi connectivity index (χ3v) is 7.93. The van der Waals surface area contributed by atoms with Crippen LogP contribution in [0.5, 0.6) is 5.75 Å². The quantitative estimate of drug-likeness (QED) is 0.688. The number of esters is 1. The maximum atomic E-state index is 11.5. The van der Waals surface area contributed by atoms with Gasteiger partial charge in [0.05, 0.1) is 4.47 Å². The van der Waals surface area contributed by atoms with Crippen LogP contribution in [-0.4, -0.2) is 17.2 Å². The minimum absolute atomic E-state index is 0.0916. The number of halogens is 1. The van der Waals surface area contributed by atoms with E-state index in [2.05, 4.69) is 28.9 Å². The molecule has 0 unspecified atom stereocenters. The van der Waals surface area contributed by atoms with Crippen molar-refractivity contribution in [3.05, 3.63) is 27.7 Å². The van der Waals surface area contributed by atoms with E-state index in [-0.39, 0.29) is 17.5 Å².